The minimum atomic E-state index is 0.0927. The minimum Gasteiger partial charge on any atom is -0.237 e. The molecule has 3 aliphatic heterocycles. The lowest BCUT2D eigenvalue weighted by atomic mass is 9.87. The van der Waals surface area contributed by atoms with Crippen LogP contribution in [0.2, 0.25) is 0 Å². The summed E-state index contributed by atoms with van der Waals surface area (Å²) in [6.07, 6.45) is 3.72. The van der Waals surface area contributed by atoms with Gasteiger partial charge in [0, 0.05) is 10.4 Å². The normalized spacial score (nSPS) is 30.4. The summed E-state index contributed by atoms with van der Waals surface area (Å²) in [5.74, 6) is 1.61. The Hall–Kier alpha value is -1.39. The number of anilines is 1. The van der Waals surface area contributed by atoms with Gasteiger partial charge in [-0.2, -0.15) is 11.1 Å². The van der Waals surface area contributed by atoms with Crippen molar-refractivity contribution in [1.82, 2.24) is 32.6 Å². The molecule has 0 saturated carbocycles. The number of hydrogen-bond donors (Lipinski definition) is 5. The third kappa shape index (κ3) is 1.31. The summed E-state index contributed by atoms with van der Waals surface area (Å²) in [5, 5.41) is 9.55. The van der Waals surface area contributed by atoms with E-state index in [9.17, 15) is 0 Å². The first-order chi connectivity index (χ1) is 9.83. The monoisotopic (exact) mass is 292 g/mol. The third-order valence-electron chi connectivity index (χ3n) is 4.39. The number of hydrazone groups is 1. The van der Waals surface area contributed by atoms with Gasteiger partial charge in [0.15, 0.2) is 0 Å². The molecule has 0 bridgehead atoms. The van der Waals surface area contributed by atoms with Crippen molar-refractivity contribution in [3.8, 4) is 0 Å². The van der Waals surface area contributed by atoms with Crippen LogP contribution in [0.4, 0.5) is 5.00 Å². The molecule has 1 aromatic heterocycles. The van der Waals surface area contributed by atoms with Crippen LogP contribution in [0.3, 0.4) is 0 Å². The highest BCUT2D eigenvalue weighted by Gasteiger charge is 2.45. The van der Waals surface area contributed by atoms with Crippen LogP contribution in [0.15, 0.2) is 5.10 Å². The highest BCUT2D eigenvalue weighted by atomic mass is 32.1. The molecule has 1 saturated heterocycles. The highest BCUT2D eigenvalue weighted by Crippen LogP contribution is 2.47. The Morgan fingerprint density at radius 2 is 2.30 bits per heavy atom. The average molecular weight is 292 g/mol. The van der Waals surface area contributed by atoms with Crippen LogP contribution in [0, 0.1) is 5.92 Å². The van der Waals surface area contributed by atoms with Crippen molar-refractivity contribution in [2.75, 3.05) is 5.01 Å². The van der Waals surface area contributed by atoms with Crippen LogP contribution in [0.25, 0.3) is 0 Å². The van der Waals surface area contributed by atoms with Crippen LogP contribution < -0.4 is 32.6 Å². The van der Waals surface area contributed by atoms with Crippen molar-refractivity contribution >= 4 is 22.3 Å². The number of hydrogen-bond acceptors (Lipinski definition) is 9. The molecule has 2 atom stereocenters. The Morgan fingerprint density at radius 3 is 3.25 bits per heavy atom. The molecular weight excluding hydrogens is 276 g/mol. The lowest BCUT2D eigenvalue weighted by Crippen LogP contribution is -2.55. The number of thiophene rings is 1. The Labute approximate surface area is 120 Å². The number of rotatable bonds is 0. The van der Waals surface area contributed by atoms with Gasteiger partial charge in [0.2, 0.25) is 0 Å². The second-order valence-corrected chi connectivity index (χ2v) is 6.78. The second kappa shape index (κ2) is 3.83. The average Bonchev–Trinajstić information content (AvgIpc) is 3.14. The molecule has 1 aromatic rings. The van der Waals surface area contributed by atoms with Gasteiger partial charge in [0.05, 0.1) is 0 Å². The Balaban J connectivity index is 1.71. The van der Waals surface area contributed by atoms with Crippen LogP contribution in [-0.4, -0.2) is 11.0 Å². The Morgan fingerprint density at radius 1 is 1.35 bits per heavy atom. The molecular formula is C11H16N8S. The minimum absolute atomic E-state index is 0.0927. The molecule has 0 amide bonds. The molecule has 0 spiro atoms. The largest absolute Gasteiger partial charge is 0.259 e. The summed E-state index contributed by atoms with van der Waals surface area (Å²) in [7, 11) is 0. The molecule has 9 heteroatoms. The van der Waals surface area contributed by atoms with Crippen molar-refractivity contribution < 1.29 is 0 Å². The lowest BCUT2D eigenvalue weighted by molar-refractivity contribution is 0.287. The Bertz CT molecular complexity index is 610. The van der Waals surface area contributed by atoms with E-state index in [4.69, 9.17) is 0 Å². The maximum absolute atomic E-state index is 4.29. The summed E-state index contributed by atoms with van der Waals surface area (Å²) in [6, 6.07) is 0. The summed E-state index contributed by atoms with van der Waals surface area (Å²) in [5.41, 5.74) is 18.2. The zero-order chi connectivity index (χ0) is 13.3. The molecule has 5 rings (SSSR count). The number of fused-ring (bicyclic) bond motifs is 8. The maximum atomic E-state index is 4.29. The first kappa shape index (κ1) is 11.3. The molecule has 1 fully saturated rings. The van der Waals surface area contributed by atoms with E-state index >= 15 is 0 Å². The molecule has 20 heavy (non-hydrogen) atoms. The summed E-state index contributed by atoms with van der Waals surface area (Å²) in [6.45, 7) is 2.34. The van der Waals surface area contributed by atoms with Crippen LogP contribution in [0.5, 0.6) is 0 Å². The van der Waals surface area contributed by atoms with Gasteiger partial charge < -0.3 is 0 Å². The number of guanidine groups is 1. The van der Waals surface area contributed by atoms with Crippen molar-refractivity contribution in [2.24, 2.45) is 11.0 Å². The van der Waals surface area contributed by atoms with E-state index in [2.05, 4.69) is 39.6 Å². The molecule has 0 radical (unpaired) electrons. The molecule has 0 aromatic carbocycles. The summed E-state index contributed by atoms with van der Waals surface area (Å²) < 4.78 is 0. The van der Waals surface area contributed by atoms with Gasteiger partial charge in [-0.25, -0.2) is 21.0 Å². The molecule has 8 nitrogen and oxygen atoms in total. The van der Waals surface area contributed by atoms with Gasteiger partial charge in [-0.1, -0.05) is 6.92 Å². The van der Waals surface area contributed by atoms with Crippen LogP contribution in [0.1, 0.15) is 35.5 Å². The van der Waals surface area contributed by atoms with Crippen molar-refractivity contribution in [3.05, 3.63) is 16.0 Å². The van der Waals surface area contributed by atoms with Crippen molar-refractivity contribution in [2.45, 2.75) is 32.4 Å². The molecule has 4 aliphatic rings. The van der Waals surface area contributed by atoms with Crippen LogP contribution >= 0.6 is 11.3 Å². The van der Waals surface area contributed by atoms with Gasteiger partial charge in [-0.05, 0) is 30.7 Å². The van der Waals surface area contributed by atoms with Gasteiger partial charge >= 0.3 is 0 Å². The topological polar surface area (TPSA) is 79.0 Å². The van der Waals surface area contributed by atoms with Crippen molar-refractivity contribution in [3.63, 3.8) is 0 Å². The summed E-state index contributed by atoms with van der Waals surface area (Å²) in [4.78, 5) is 1.53. The fourth-order valence-electron chi connectivity index (χ4n) is 3.39. The second-order valence-electron chi connectivity index (χ2n) is 5.70. The van der Waals surface area contributed by atoms with Crippen molar-refractivity contribution in [1.29, 1.82) is 0 Å². The van der Waals surface area contributed by atoms with Gasteiger partial charge in [-0.3, -0.25) is 0 Å². The molecule has 1 aliphatic carbocycles. The molecule has 1 unspecified atom stereocenters. The third-order valence-corrected chi connectivity index (χ3v) is 5.64. The van der Waals surface area contributed by atoms with E-state index in [1.165, 1.54) is 40.3 Å². The Kier molecular flexibility index (Phi) is 2.16. The number of hydrazine groups is 5. The van der Waals surface area contributed by atoms with E-state index in [1.54, 1.807) is 0 Å². The maximum Gasteiger partial charge on any atom is 0.259 e. The predicted octanol–water partition coefficient (Wildman–Crippen LogP) is -0.185. The van der Waals surface area contributed by atoms with Gasteiger partial charge in [0.1, 0.15) is 11.2 Å². The first-order valence-corrected chi connectivity index (χ1v) is 7.73. The summed E-state index contributed by atoms with van der Waals surface area (Å²) >= 11 is 1.89. The lowest BCUT2D eigenvalue weighted by Gasteiger charge is -2.34. The smallest absolute Gasteiger partial charge is 0.237 e. The molecule has 4 heterocycles. The fraction of sp³-hybridized carbons (Fsp3) is 0.545. The van der Waals surface area contributed by atoms with E-state index in [0.717, 1.165) is 11.9 Å². The molecule has 5 N–H and O–H groups in total. The number of nitrogens with zero attached hydrogens (tertiary/aromatic N) is 3. The zero-order valence-electron chi connectivity index (χ0n) is 11.0. The van der Waals surface area contributed by atoms with E-state index in [-0.39, 0.29) is 6.17 Å². The fourth-order valence-corrected chi connectivity index (χ4v) is 4.89. The van der Waals surface area contributed by atoms with E-state index < -0.39 is 0 Å². The molecule has 106 valence electrons. The van der Waals surface area contributed by atoms with E-state index in [0.29, 0.717) is 0 Å². The quantitative estimate of drug-likeness (QED) is 0.454. The van der Waals surface area contributed by atoms with Gasteiger partial charge in [-0.15, -0.1) is 22.0 Å². The SMILES string of the molecule is C[C@H]1CCc2c(sc3c2C2NNNN2C2=NNNN23)C1. The van der Waals surface area contributed by atoms with E-state index in [1.807, 2.05) is 21.4 Å². The first-order valence-electron chi connectivity index (χ1n) is 6.91. The zero-order valence-corrected chi connectivity index (χ0v) is 11.8. The standard InChI is InChI=1S/C11H16N8S/c1-5-2-3-6-7(4-5)20-10-8(6)9-12-14-16-18(9)11-13-15-17-19(10)11/h5,9,12,14-17H,2-4H2,1H3/t5-,9?/m0/s1. The highest BCUT2D eigenvalue weighted by molar-refractivity contribution is 7.16. The predicted molar refractivity (Wildman–Crippen MR) is 75.7 cm³/mol. The van der Waals surface area contributed by atoms with Gasteiger partial charge in [0.25, 0.3) is 5.96 Å². The van der Waals surface area contributed by atoms with Crippen LogP contribution in [-0.2, 0) is 12.8 Å². The number of nitrogens with one attached hydrogen (secondary N) is 5.